The van der Waals surface area contributed by atoms with Gasteiger partial charge in [0.15, 0.2) is 0 Å². The molecule has 2 atom stereocenters. The Hall–Kier alpha value is -0.320. The van der Waals surface area contributed by atoms with Crippen molar-refractivity contribution >= 4 is 18.3 Å². The van der Waals surface area contributed by atoms with Gasteiger partial charge in [-0.05, 0) is 31.1 Å². The van der Waals surface area contributed by atoms with Gasteiger partial charge < -0.3 is 16.2 Å². The number of aliphatic hydroxyl groups excluding tert-OH is 1. The van der Waals surface area contributed by atoms with Gasteiger partial charge in [0.1, 0.15) is 0 Å². The van der Waals surface area contributed by atoms with E-state index in [0.29, 0.717) is 24.8 Å². The van der Waals surface area contributed by atoms with Crippen molar-refractivity contribution in [3.05, 3.63) is 0 Å². The monoisotopic (exact) mass is 292 g/mol. The van der Waals surface area contributed by atoms with Crippen LogP contribution in [-0.4, -0.2) is 29.7 Å². The number of nitrogens with two attached hydrogens (primary N) is 1. The van der Waals surface area contributed by atoms with Gasteiger partial charge in [0.25, 0.3) is 0 Å². The molecule has 0 aromatic carbocycles. The Morgan fingerprint density at radius 3 is 2.42 bits per heavy atom. The summed E-state index contributed by atoms with van der Waals surface area (Å²) in [7, 11) is 0. The predicted octanol–water partition coefficient (Wildman–Crippen LogP) is 1.84. The minimum atomic E-state index is -0.455. The molecule has 1 fully saturated rings. The van der Waals surface area contributed by atoms with Crippen LogP contribution in [0.5, 0.6) is 0 Å². The van der Waals surface area contributed by atoms with Crippen LogP contribution in [0.3, 0.4) is 0 Å². The fourth-order valence-electron chi connectivity index (χ4n) is 2.64. The molecule has 4 nitrogen and oxygen atoms in total. The highest BCUT2D eigenvalue weighted by Gasteiger charge is 2.23. The molecule has 5 heteroatoms. The van der Waals surface area contributed by atoms with Gasteiger partial charge in [-0.1, -0.05) is 33.1 Å². The Morgan fingerprint density at radius 1 is 1.32 bits per heavy atom. The van der Waals surface area contributed by atoms with Gasteiger partial charge in [0.05, 0.1) is 12.1 Å². The molecule has 0 radical (unpaired) electrons. The molecule has 1 unspecified atom stereocenters. The van der Waals surface area contributed by atoms with Crippen molar-refractivity contribution in [1.82, 2.24) is 5.32 Å². The van der Waals surface area contributed by atoms with Crippen molar-refractivity contribution in [3.8, 4) is 0 Å². The third-order valence-corrected chi connectivity index (χ3v) is 3.74. The van der Waals surface area contributed by atoms with Crippen molar-refractivity contribution in [3.63, 3.8) is 0 Å². The maximum atomic E-state index is 11.7. The molecule has 1 rings (SSSR count). The van der Waals surface area contributed by atoms with E-state index in [2.05, 4.69) is 5.32 Å². The second kappa shape index (κ2) is 9.56. The van der Waals surface area contributed by atoms with Gasteiger partial charge in [-0.15, -0.1) is 12.4 Å². The molecule has 0 spiro atoms. The van der Waals surface area contributed by atoms with E-state index in [4.69, 9.17) is 5.73 Å². The van der Waals surface area contributed by atoms with Crippen LogP contribution in [0.2, 0.25) is 0 Å². The summed E-state index contributed by atoms with van der Waals surface area (Å²) in [5.74, 6) is 0.618. The van der Waals surface area contributed by atoms with Crippen LogP contribution in [-0.2, 0) is 4.79 Å². The topological polar surface area (TPSA) is 75.4 Å². The summed E-state index contributed by atoms with van der Waals surface area (Å²) in [6, 6.07) is -0.455. The number of nitrogens with one attached hydrogen (secondary N) is 1. The van der Waals surface area contributed by atoms with Crippen molar-refractivity contribution in [1.29, 1.82) is 0 Å². The number of aliphatic hydroxyl groups is 1. The van der Waals surface area contributed by atoms with Crippen molar-refractivity contribution < 1.29 is 9.90 Å². The zero-order chi connectivity index (χ0) is 13.5. The van der Waals surface area contributed by atoms with Crippen LogP contribution < -0.4 is 11.1 Å². The zero-order valence-corrected chi connectivity index (χ0v) is 12.9. The molecule has 1 amide bonds. The van der Waals surface area contributed by atoms with Crippen LogP contribution >= 0.6 is 12.4 Å². The van der Waals surface area contributed by atoms with Crippen LogP contribution in [0.1, 0.15) is 52.4 Å². The fourth-order valence-corrected chi connectivity index (χ4v) is 2.64. The SMILES string of the molecule is CC(C)C[C@H](N)C(=O)NCC(O)C1CCCCC1.Cl. The van der Waals surface area contributed by atoms with E-state index < -0.39 is 12.1 Å². The number of carbonyl (C=O) groups is 1. The average Bonchev–Trinajstić information content (AvgIpc) is 2.35. The lowest BCUT2D eigenvalue weighted by Crippen LogP contribution is -2.45. The molecule has 4 N–H and O–H groups in total. The van der Waals surface area contributed by atoms with Gasteiger partial charge in [0, 0.05) is 6.54 Å². The lowest BCUT2D eigenvalue weighted by molar-refractivity contribution is -0.123. The molecule has 0 heterocycles. The van der Waals surface area contributed by atoms with E-state index in [9.17, 15) is 9.90 Å². The van der Waals surface area contributed by atoms with Gasteiger partial charge in [0.2, 0.25) is 5.91 Å². The molecule has 0 aliphatic heterocycles. The van der Waals surface area contributed by atoms with Crippen LogP contribution in [0.25, 0.3) is 0 Å². The van der Waals surface area contributed by atoms with E-state index in [1.807, 2.05) is 13.8 Å². The quantitative estimate of drug-likeness (QED) is 0.699. The highest BCUT2D eigenvalue weighted by Crippen LogP contribution is 2.26. The number of hydrogen-bond donors (Lipinski definition) is 3. The van der Waals surface area contributed by atoms with Crippen molar-refractivity contribution in [2.75, 3.05) is 6.54 Å². The lowest BCUT2D eigenvalue weighted by Gasteiger charge is -2.27. The summed E-state index contributed by atoms with van der Waals surface area (Å²) in [4.78, 5) is 11.7. The summed E-state index contributed by atoms with van der Waals surface area (Å²) in [6.45, 7) is 4.43. The smallest absolute Gasteiger partial charge is 0.237 e. The summed E-state index contributed by atoms with van der Waals surface area (Å²) in [5.41, 5.74) is 5.79. The molecule has 0 aromatic heterocycles. The van der Waals surface area contributed by atoms with Crippen molar-refractivity contribution in [2.24, 2.45) is 17.6 Å². The second-order valence-electron chi connectivity index (χ2n) is 5.95. The van der Waals surface area contributed by atoms with E-state index in [1.54, 1.807) is 0 Å². The molecular formula is C14H29ClN2O2. The molecule has 1 aliphatic carbocycles. The fraction of sp³-hybridized carbons (Fsp3) is 0.929. The first-order valence-corrected chi connectivity index (χ1v) is 7.22. The third-order valence-electron chi connectivity index (χ3n) is 3.74. The first-order chi connectivity index (χ1) is 8.50. The normalized spacial score (nSPS) is 19.6. The lowest BCUT2D eigenvalue weighted by atomic mass is 9.85. The molecule has 0 saturated heterocycles. The summed E-state index contributed by atoms with van der Waals surface area (Å²) >= 11 is 0. The summed E-state index contributed by atoms with van der Waals surface area (Å²) in [6.07, 6.45) is 6.09. The van der Waals surface area contributed by atoms with Crippen LogP contribution in [0, 0.1) is 11.8 Å². The minimum Gasteiger partial charge on any atom is -0.391 e. The Kier molecular flexibility index (Phi) is 9.40. The predicted molar refractivity (Wildman–Crippen MR) is 80.3 cm³/mol. The Bertz CT molecular complexity index is 256. The highest BCUT2D eigenvalue weighted by atomic mass is 35.5. The van der Waals surface area contributed by atoms with Crippen molar-refractivity contribution in [2.45, 2.75) is 64.5 Å². The third kappa shape index (κ3) is 7.14. The highest BCUT2D eigenvalue weighted by molar-refractivity contribution is 5.85. The molecule has 0 bridgehead atoms. The molecule has 114 valence electrons. The second-order valence-corrected chi connectivity index (χ2v) is 5.95. The average molecular weight is 293 g/mol. The molecule has 0 aromatic rings. The summed E-state index contributed by atoms with van der Waals surface area (Å²) in [5, 5.41) is 12.8. The Morgan fingerprint density at radius 2 is 1.89 bits per heavy atom. The largest absolute Gasteiger partial charge is 0.391 e. The Balaban J connectivity index is 0.00000324. The summed E-state index contributed by atoms with van der Waals surface area (Å²) < 4.78 is 0. The molecule has 19 heavy (non-hydrogen) atoms. The van der Waals surface area contributed by atoms with Gasteiger partial charge >= 0.3 is 0 Å². The van der Waals surface area contributed by atoms with Gasteiger partial charge in [-0.3, -0.25) is 4.79 Å². The number of hydrogen-bond acceptors (Lipinski definition) is 3. The van der Waals surface area contributed by atoms with Crippen LogP contribution in [0.4, 0.5) is 0 Å². The minimum absolute atomic E-state index is 0. The molecular weight excluding hydrogens is 264 g/mol. The number of halogens is 1. The number of amides is 1. The van der Waals surface area contributed by atoms with E-state index in [1.165, 1.54) is 19.3 Å². The van der Waals surface area contributed by atoms with E-state index >= 15 is 0 Å². The number of rotatable bonds is 6. The Labute approximate surface area is 122 Å². The maximum absolute atomic E-state index is 11.7. The van der Waals surface area contributed by atoms with E-state index in [0.717, 1.165) is 12.8 Å². The molecule has 1 aliphatic rings. The van der Waals surface area contributed by atoms with Crippen LogP contribution in [0.15, 0.2) is 0 Å². The first kappa shape index (κ1) is 18.7. The maximum Gasteiger partial charge on any atom is 0.237 e. The molecule has 1 saturated carbocycles. The first-order valence-electron chi connectivity index (χ1n) is 7.22. The standard InChI is InChI=1S/C14H28N2O2.ClH/c1-10(2)8-12(15)14(18)16-9-13(17)11-6-4-3-5-7-11;/h10-13,17H,3-9,15H2,1-2H3,(H,16,18);1H/t12-,13?;/m0./s1. The number of carbonyl (C=O) groups excluding carboxylic acids is 1. The van der Waals surface area contributed by atoms with Gasteiger partial charge in [-0.2, -0.15) is 0 Å². The van der Waals surface area contributed by atoms with E-state index in [-0.39, 0.29) is 18.3 Å². The van der Waals surface area contributed by atoms with Gasteiger partial charge in [-0.25, -0.2) is 0 Å². The zero-order valence-electron chi connectivity index (χ0n) is 12.1.